The molecule has 0 spiro atoms. The summed E-state index contributed by atoms with van der Waals surface area (Å²) in [6.07, 6.45) is 4.52. The van der Waals surface area contributed by atoms with Crippen molar-refractivity contribution in [1.82, 2.24) is 5.32 Å². The van der Waals surface area contributed by atoms with E-state index in [0.29, 0.717) is 12.3 Å². The standard InChI is InChI=1S/C13H19IN3P/c1-9-6-11(8-15)13(17-18-14)7-12(9)10-2-4-16-5-3-10/h6-8,10,15-18H,2-5H2,1H3. The molecule has 3 N–H and O–H groups in total. The molecule has 2 rings (SSSR count). The number of rotatable bonds is 4. The fourth-order valence-corrected chi connectivity index (χ4v) is 3.79. The Labute approximate surface area is 123 Å². The molecule has 1 saturated heterocycles. The van der Waals surface area contributed by atoms with E-state index in [1.54, 1.807) is 0 Å². The molecule has 5 heteroatoms. The summed E-state index contributed by atoms with van der Waals surface area (Å²) in [5, 5.41) is 14.3. The minimum Gasteiger partial charge on any atom is -0.358 e. The molecule has 1 aromatic rings. The zero-order valence-corrected chi connectivity index (χ0v) is 13.7. The lowest BCUT2D eigenvalue weighted by molar-refractivity contribution is 0.459. The zero-order chi connectivity index (χ0) is 13.0. The predicted octanol–water partition coefficient (Wildman–Crippen LogP) is 3.82. The molecule has 1 atom stereocenters. The maximum atomic E-state index is 7.50. The van der Waals surface area contributed by atoms with E-state index in [1.807, 2.05) is 0 Å². The molecule has 1 aliphatic heterocycles. The number of piperidine rings is 1. The second kappa shape index (κ2) is 6.83. The molecule has 1 aromatic carbocycles. The van der Waals surface area contributed by atoms with Gasteiger partial charge in [0.1, 0.15) is 0 Å². The summed E-state index contributed by atoms with van der Waals surface area (Å²) >= 11 is 2.33. The molecule has 0 amide bonds. The highest BCUT2D eigenvalue weighted by Crippen LogP contribution is 2.34. The summed E-state index contributed by atoms with van der Waals surface area (Å²) < 4.78 is 0. The van der Waals surface area contributed by atoms with Gasteiger partial charge in [-0.1, -0.05) is 0 Å². The van der Waals surface area contributed by atoms with Crippen LogP contribution in [0.1, 0.15) is 35.4 Å². The SMILES string of the molecule is Cc1cc(C=N)c(NPI)cc1C1CCNCC1. The summed E-state index contributed by atoms with van der Waals surface area (Å²) in [6, 6.07) is 4.40. The van der Waals surface area contributed by atoms with Crippen LogP contribution in [-0.2, 0) is 0 Å². The van der Waals surface area contributed by atoms with E-state index in [0.717, 1.165) is 24.3 Å². The van der Waals surface area contributed by atoms with Crippen LogP contribution in [0.3, 0.4) is 0 Å². The van der Waals surface area contributed by atoms with Crippen molar-refractivity contribution in [3.05, 3.63) is 28.8 Å². The van der Waals surface area contributed by atoms with Gasteiger partial charge < -0.3 is 15.8 Å². The van der Waals surface area contributed by atoms with Crippen LogP contribution in [-0.4, -0.2) is 19.3 Å². The van der Waals surface area contributed by atoms with E-state index >= 15 is 0 Å². The van der Waals surface area contributed by atoms with Crippen molar-refractivity contribution in [1.29, 1.82) is 5.41 Å². The quantitative estimate of drug-likeness (QED) is 0.426. The first-order valence-corrected chi connectivity index (χ1v) is 10.3. The molecule has 0 saturated carbocycles. The van der Waals surface area contributed by atoms with Crippen LogP contribution in [0.5, 0.6) is 0 Å². The van der Waals surface area contributed by atoms with Crippen LogP contribution in [0.2, 0.25) is 0 Å². The van der Waals surface area contributed by atoms with Crippen molar-refractivity contribution in [3.63, 3.8) is 0 Å². The molecule has 0 radical (unpaired) electrons. The Kier molecular flexibility index (Phi) is 5.39. The molecule has 18 heavy (non-hydrogen) atoms. The number of nitrogens with one attached hydrogen (secondary N) is 3. The van der Waals surface area contributed by atoms with E-state index in [2.05, 4.69) is 51.5 Å². The van der Waals surface area contributed by atoms with Crippen molar-refractivity contribution in [3.8, 4) is 0 Å². The number of benzene rings is 1. The number of aryl methyl sites for hydroxylation is 1. The van der Waals surface area contributed by atoms with E-state index in [4.69, 9.17) is 5.41 Å². The Bertz CT molecular complexity index is 430. The summed E-state index contributed by atoms with van der Waals surface area (Å²) in [4.78, 5) is 0. The average molecular weight is 375 g/mol. The Balaban J connectivity index is 2.33. The van der Waals surface area contributed by atoms with Gasteiger partial charge in [-0.25, -0.2) is 0 Å². The smallest absolute Gasteiger partial charge is 0.0468 e. The zero-order valence-electron chi connectivity index (χ0n) is 10.5. The Hall–Kier alpha value is -0.190. The molecule has 1 unspecified atom stereocenters. The van der Waals surface area contributed by atoms with Gasteiger partial charge in [-0.15, -0.1) is 0 Å². The predicted molar refractivity (Wildman–Crippen MR) is 89.9 cm³/mol. The summed E-state index contributed by atoms with van der Waals surface area (Å²) in [5.74, 6) is 0.670. The van der Waals surface area contributed by atoms with Gasteiger partial charge in [0.05, 0.1) is 0 Å². The van der Waals surface area contributed by atoms with Gasteiger partial charge in [0.15, 0.2) is 0 Å². The monoisotopic (exact) mass is 375 g/mol. The van der Waals surface area contributed by atoms with Crippen LogP contribution < -0.4 is 10.4 Å². The first kappa shape index (κ1) is 14.2. The van der Waals surface area contributed by atoms with Crippen LogP contribution in [0.15, 0.2) is 12.1 Å². The molecular weight excluding hydrogens is 356 g/mol. The molecule has 0 aromatic heterocycles. The minimum absolute atomic E-state index is 0.641. The maximum absolute atomic E-state index is 7.50. The Morgan fingerprint density at radius 1 is 1.44 bits per heavy atom. The van der Waals surface area contributed by atoms with Crippen LogP contribution >= 0.6 is 28.4 Å². The first-order chi connectivity index (χ1) is 8.76. The topological polar surface area (TPSA) is 47.9 Å². The van der Waals surface area contributed by atoms with Crippen molar-refractivity contribution in [2.45, 2.75) is 25.7 Å². The van der Waals surface area contributed by atoms with Crippen LogP contribution in [0, 0.1) is 12.3 Å². The molecule has 3 nitrogen and oxygen atoms in total. The van der Waals surface area contributed by atoms with Crippen molar-refractivity contribution in [2.75, 3.05) is 18.2 Å². The van der Waals surface area contributed by atoms with Crippen molar-refractivity contribution in [2.24, 2.45) is 0 Å². The minimum atomic E-state index is 0.641. The van der Waals surface area contributed by atoms with Crippen molar-refractivity contribution >= 4 is 40.3 Å². The van der Waals surface area contributed by atoms with Gasteiger partial charge in [0.25, 0.3) is 0 Å². The van der Waals surface area contributed by atoms with Gasteiger partial charge in [-0.2, -0.15) is 0 Å². The van der Waals surface area contributed by atoms with Gasteiger partial charge in [-0.05, 0) is 84.1 Å². The molecule has 1 heterocycles. The van der Waals surface area contributed by atoms with Gasteiger partial charge in [-0.3, -0.25) is 0 Å². The lowest BCUT2D eigenvalue weighted by Gasteiger charge is -2.25. The Morgan fingerprint density at radius 3 is 2.78 bits per heavy atom. The van der Waals surface area contributed by atoms with E-state index in [-0.39, 0.29) is 0 Å². The maximum Gasteiger partial charge on any atom is 0.0468 e. The number of halogens is 1. The summed E-state index contributed by atoms with van der Waals surface area (Å²) in [5.41, 5.74) is 4.88. The van der Waals surface area contributed by atoms with Crippen LogP contribution in [0.25, 0.3) is 0 Å². The lowest BCUT2D eigenvalue weighted by Crippen LogP contribution is -2.27. The van der Waals surface area contributed by atoms with E-state index < -0.39 is 0 Å². The molecule has 0 bridgehead atoms. The van der Waals surface area contributed by atoms with Crippen LogP contribution in [0.4, 0.5) is 5.69 Å². The summed E-state index contributed by atoms with van der Waals surface area (Å²) in [6.45, 7) is 4.40. The lowest BCUT2D eigenvalue weighted by atomic mass is 9.86. The highest BCUT2D eigenvalue weighted by molar-refractivity contribution is 14.2. The fraction of sp³-hybridized carbons (Fsp3) is 0.462. The second-order valence-electron chi connectivity index (χ2n) is 4.68. The normalized spacial score (nSPS) is 17.2. The second-order valence-corrected chi connectivity index (χ2v) is 6.74. The number of anilines is 1. The van der Waals surface area contributed by atoms with E-state index in [9.17, 15) is 0 Å². The van der Waals surface area contributed by atoms with Gasteiger partial charge >= 0.3 is 0 Å². The third-order valence-electron chi connectivity index (χ3n) is 3.55. The fourth-order valence-electron chi connectivity index (χ4n) is 2.60. The number of hydrogen-bond acceptors (Lipinski definition) is 3. The van der Waals surface area contributed by atoms with Crippen molar-refractivity contribution < 1.29 is 0 Å². The van der Waals surface area contributed by atoms with E-state index in [1.165, 1.54) is 30.2 Å². The molecule has 1 fully saturated rings. The average Bonchev–Trinajstić information content (AvgIpc) is 2.41. The first-order valence-electron chi connectivity index (χ1n) is 6.23. The summed E-state index contributed by atoms with van der Waals surface area (Å²) in [7, 11) is 0. The number of hydrogen-bond donors (Lipinski definition) is 3. The largest absolute Gasteiger partial charge is 0.358 e. The molecule has 0 aliphatic carbocycles. The third-order valence-corrected chi connectivity index (χ3v) is 4.73. The van der Waals surface area contributed by atoms with Gasteiger partial charge in [0.2, 0.25) is 0 Å². The highest BCUT2D eigenvalue weighted by atomic mass is 127. The third kappa shape index (κ3) is 3.22. The molecule has 1 aliphatic rings. The molecule has 98 valence electrons. The van der Waals surface area contributed by atoms with Gasteiger partial charge in [0, 0.05) is 23.8 Å². The highest BCUT2D eigenvalue weighted by Gasteiger charge is 2.18. The Morgan fingerprint density at radius 2 is 2.17 bits per heavy atom. The molecular formula is C13H19IN3P.